The van der Waals surface area contributed by atoms with Gasteiger partial charge >= 0.3 is 0 Å². The van der Waals surface area contributed by atoms with Gasteiger partial charge in [-0.3, -0.25) is 9.69 Å². The minimum Gasteiger partial charge on any atom is -0.369 e. The van der Waals surface area contributed by atoms with E-state index in [-0.39, 0.29) is 11.3 Å². The third kappa shape index (κ3) is 6.69. The summed E-state index contributed by atoms with van der Waals surface area (Å²) in [6.45, 7) is 7.12. The number of hydrogen-bond acceptors (Lipinski definition) is 4. The summed E-state index contributed by atoms with van der Waals surface area (Å²) in [6.07, 6.45) is 11.3. The SMILES string of the molecule is CCC1CC1(CN(CCc1ccc(C)cc1)c1ccc(C(=O)C2=CCCC=C2)cc1)N(C)Cc1ccc(C#N)cc1. The highest BCUT2D eigenvalue weighted by atomic mass is 16.1. The molecular weight excluding hydrogens is 502 g/mol. The average Bonchev–Trinajstić information content (AvgIpc) is 3.75. The first-order chi connectivity index (χ1) is 19.9. The van der Waals surface area contributed by atoms with Gasteiger partial charge in [-0.25, -0.2) is 0 Å². The lowest BCUT2D eigenvalue weighted by Gasteiger charge is -2.36. The molecule has 2 aliphatic carbocycles. The number of hydrogen-bond donors (Lipinski definition) is 0. The fourth-order valence-corrected chi connectivity index (χ4v) is 6.21. The first kappa shape index (κ1) is 28.6. The van der Waals surface area contributed by atoms with Crippen molar-refractivity contribution in [2.45, 2.75) is 58.0 Å². The van der Waals surface area contributed by atoms with Crippen LogP contribution in [0.25, 0.3) is 0 Å². The number of allylic oxidation sites excluding steroid dienone is 4. The van der Waals surface area contributed by atoms with Gasteiger partial charge in [-0.15, -0.1) is 0 Å². The normalized spacial score (nSPS) is 19.5. The van der Waals surface area contributed by atoms with Gasteiger partial charge < -0.3 is 4.90 Å². The third-order valence-electron chi connectivity index (χ3n) is 8.96. The van der Waals surface area contributed by atoms with Crippen LogP contribution in [0.3, 0.4) is 0 Å². The molecule has 5 rings (SSSR count). The fraction of sp³-hybridized carbons (Fsp3) is 0.351. The summed E-state index contributed by atoms with van der Waals surface area (Å²) in [5.41, 5.74) is 7.34. The minimum absolute atomic E-state index is 0.0854. The van der Waals surface area contributed by atoms with E-state index in [2.05, 4.69) is 97.4 Å². The molecular formula is C37H41N3O. The van der Waals surface area contributed by atoms with Gasteiger partial charge in [0.25, 0.3) is 0 Å². The zero-order chi connectivity index (χ0) is 28.8. The number of anilines is 1. The number of nitrogens with zero attached hydrogens (tertiary/aromatic N) is 3. The third-order valence-corrected chi connectivity index (χ3v) is 8.96. The van der Waals surface area contributed by atoms with Gasteiger partial charge in [0.05, 0.1) is 11.6 Å². The molecule has 2 unspecified atom stereocenters. The molecule has 1 fully saturated rings. The van der Waals surface area contributed by atoms with Crippen LogP contribution in [-0.4, -0.2) is 36.4 Å². The molecule has 1 saturated carbocycles. The Kier molecular flexibility index (Phi) is 8.86. The molecule has 0 saturated heterocycles. The highest BCUT2D eigenvalue weighted by Gasteiger charge is 2.56. The van der Waals surface area contributed by atoms with E-state index in [1.54, 1.807) is 0 Å². The number of rotatable bonds is 12. The average molecular weight is 544 g/mol. The van der Waals surface area contributed by atoms with Gasteiger partial charge in [-0.1, -0.05) is 73.5 Å². The lowest BCUT2D eigenvalue weighted by molar-refractivity contribution is 0.103. The highest BCUT2D eigenvalue weighted by Crippen LogP contribution is 2.51. The molecule has 0 heterocycles. The second kappa shape index (κ2) is 12.7. The Labute approximate surface area is 245 Å². The van der Waals surface area contributed by atoms with Crippen LogP contribution < -0.4 is 4.90 Å². The first-order valence-corrected chi connectivity index (χ1v) is 14.9. The van der Waals surface area contributed by atoms with Gasteiger partial charge in [0, 0.05) is 42.0 Å². The Balaban J connectivity index is 1.38. The van der Waals surface area contributed by atoms with Gasteiger partial charge in [-0.2, -0.15) is 5.26 Å². The van der Waals surface area contributed by atoms with Crippen LogP contribution in [0.4, 0.5) is 5.69 Å². The van der Waals surface area contributed by atoms with E-state index in [0.717, 1.165) is 62.1 Å². The monoisotopic (exact) mass is 543 g/mol. The number of nitriles is 1. The molecule has 210 valence electrons. The molecule has 0 N–H and O–H groups in total. The van der Waals surface area contributed by atoms with Crippen LogP contribution in [0.5, 0.6) is 0 Å². The van der Waals surface area contributed by atoms with Crippen LogP contribution in [0.2, 0.25) is 0 Å². The van der Waals surface area contributed by atoms with Crippen molar-refractivity contribution >= 4 is 11.5 Å². The van der Waals surface area contributed by atoms with Crippen molar-refractivity contribution in [2.24, 2.45) is 5.92 Å². The van der Waals surface area contributed by atoms with Crippen molar-refractivity contribution < 1.29 is 4.79 Å². The lowest BCUT2D eigenvalue weighted by Crippen LogP contribution is -2.46. The van der Waals surface area contributed by atoms with E-state index in [9.17, 15) is 10.1 Å². The smallest absolute Gasteiger partial charge is 0.192 e. The van der Waals surface area contributed by atoms with E-state index in [0.29, 0.717) is 11.5 Å². The van der Waals surface area contributed by atoms with Crippen LogP contribution in [0.15, 0.2) is 96.6 Å². The molecule has 0 aromatic heterocycles. The Hall–Kier alpha value is -3.94. The lowest BCUT2D eigenvalue weighted by atomic mass is 9.98. The molecule has 2 atom stereocenters. The fourth-order valence-electron chi connectivity index (χ4n) is 6.21. The second-order valence-electron chi connectivity index (χ2n) is 11.7. The molecule has 0 spiro atoms. The number of ketones is 1. The molecule has 0 bridgehead atoms. The summed E-state index contributed by atoms with van der Waals surface area (Å²) in [7, 11) is 2.25. The predicted molar refractivity (Wildman–Crippen MR) is 168 cm³/mol. The van der Waals surface area contributed by atoms with Crippen molar-refractivity contribution in [1.82, 2.24) is 4.90 Å². The summed E-state index contributed by atoms with van der Waals surface area (Å²) >= 11 is 0. The molecule has 3 aromatic rings. The summed E-state index contributed by atoms with van der Waals surface area (Å²) in [5.74, 6) is 0.740. The zero-order valence-electron chi connectivity index (χ0n) is 24.6. The Morgan fingerprint density at radius 2 is 1.68 bits per heavy atom. The molecule has 0 radical (unpaired) electrons. The zero-order valence-corrected chi connectivity index (χ0v) is 24.6. The number of carbonyl (C=O) groups is 1. The van der Waals surface area contributed by atoms with Gasteiger partial charge in [0.1, 0.15) is 0 Å². The van der Waals surface area contributed by atoms with E-state index >= 15 is 0 Å². The van der Waals surface area contributed by atoms with Crippen molar-refractivity contribution in [3.63, 3.8) is 0 Å². The van der Waals surface area contributed by atoms with Gasteiger partial charge in [0.15, 0.2) is 5.78 Å². The van der Waals surface area contributed by atoms with E-state index in [1.807, 2.05) is 30.3 Å². The standard InChI is InChI=1S/C37H41N3O/c1-4-34-24-37(34,39(3)26-31-16-14-30(25-38)15-17-31)27-40(23-22-29-12-10-28(2)11-13-29)35-20-18-33(19-21-35)36(41)32-8-6-5-7-9-32/h6,8-21,34H,4-5,7,22-24,26-27H2,1-3H3. The van der Waals surface area contributed by atoms with Gasteiger partial charge in [-0.05, 0) is 93.1 Å². The Morgan fingerprint density at radius 3 is 2.29 bits per heavy atom. The van der Waals surface area contributed by atoms with E-state index in [1.165, 1.54) is 23.1 Å². The number of carbonyl (C=O) groups excluding carboxylic acids is 1. The minimum atomic E-state index is 0.0854. The maximum atomic E-state index is 13.1. The molecule has 2 aliphatic rings. The maximum absolute atomic E-state index is 13.1. The molecule has 4 nitrogen and oxygen atoms in total. The van der Waals surface area contributed by atoms with E-state index in [4.69, 9.17) is 0 Å². The molecule has 3 aromatic carbocycles. The van der Waals surface area contributed by atoms with Crippen molar-refractivity contribution in [1.29, 1.82) is 5.26 Å². The quantitative estimate of drug-likeness (QED) is 0.220. The number of likely N-dealkylation sites (N-methyl/N-ethyl adjacent to an activating group) is 1. The summed E-state index contributed by atoms with van der Waals surface area (Å²) in [4.78, 5) is 18.1. The molecule has 0 amide bonds. The van der Waals surface area contributed by atoms with Crippen LogP contribution in [-0.2, 0) is 13.0 Å². The van der Waals surface area contributed by atoms with Crippen molar-refractivity contribution in [3.8, 4) is 6.07 Å². The predicted octanol–water partition coefficient (Wildman–Crippen LogP) is 7.68. The van der Waals surface area contributed by atoms with E-state index < -0.39 is 0 Å². The first-order valence-electron chi connectivity index (χ1n) is 14.9. The van der Waals surface area contributed by atoms with Gasteiger partial charge in [0.2, 0.25) is 0 Å². The number of aryl methyl sites for hydroxylation is 1. The summed E-state index contributed by atoms with van der Waals surface area (Å²) in [5, 5.41) is 9.19. The largest absolute Gasteiger partial charge is 0.369 e. The van der Waals surface area contributed by atoms with Crippen LogP contribution >= 0.6 is 0 Å². The topological polar surface area (TPSA) is 47.3 Å². The van der Waals surface area contributed by atoms with Crippen LogP contribution in [0, 0.1) is 24.2 Å². The van der Waals surface area contributed by atoms with Crippen molar-refractivity contribution in [2.75, 3.05) is 25.0 Å². The van der Waals surface area contributed by atoms with Crippen molar-refractivity contribution in [3.05, 3.63) is 124 Å². The number of Topliss-reactive ketones (excluding diaryl/α,β-unsaturated/α-hetero) is 1. The Bertz CT molecular complexity index is 1440. The second-order valence-corrected chi connectivity index (χ2v) is 11.7. The molecule has 41 heavy (non-hydrogen) atoms. The molecule has 4 heteroatoms. The summed E-state index contributed by atoms with van der Waals surface area (Å²) in [6, 6.07) is 27.3. The highest BCUT2D eigenvalue weighted by molar-refractivity contribution is 6.10. The number of benzene rings is 3. The molecule has 0 aliphatic heterocycles. The maximum Gasteiger partial charge on any atom is 0.192 e. The van der Waals surface area contributed by atoms with Crippen LogP contribution in [0.1, 0.15) is 65.2 Å². The summed E-state index contributed by atoms with van der Waals surface area (Å²) < 4.78 is 0. The Morgan fingerprint density at radius 1 is 0.976 bits per heavy atom.